The normalized spacial score (nSPS) is 10.8. The maximum atomic E-state index is 13.1. The zero-order chi connectivity index (χ0) is 22.0. The fourth-order valence-electron chi connectivity index (χ4n) is 3.16. The second-order valence-electron chi connectivity index (χ2n) is 6.89. The monoisotopic (exact) mass is 497 g/mol. The largest absolute Gasteiger partial charge is 0.483 e. The Kier molecular flexibility index (Phi) is 6.11. The van der Waals surface area contributed by atoms with Crippen LogP contribution in [0.5, 0.6) is 5.75 Å². The number of halogens is 2. The number of furan rings is 1. The van der Waals surface area contributed by atoms with Gasteiger partial charge in [0.15, 0.2) is 12.4 Å². The van der Waals surface area contributed by atoms with Crippen LogP contribution < -0.4 is 10.1 Å². The Morgan fingerprint density at radius 3 is 2.55 bits per heavy atom. The number of rotatable bonds is 6. The number of fused-ring (bicyclic) bond motifs is 1. The number of aryl methyl sites for hydroxylation is 1. The number of carbonyl (C=O) groups excluding carboxylic acids is 2. The van der Waals surface area contributed by atoms with Crippen molar-refractivity contribution in [2.75, 3.05) is 11.9 Å². The van der Waals surface area contributed by atoms with Crippen molar-refractivity contribution in [3.63, 3.8) is 0 Å². The van der Waals surface area contributed by atoms with E-state index in [2.05, 4.69) is 21.2 Å². The number of hydrogen-bond acceptors (Lipinski definition) is 4. The summed E-state index contributed by atoms with van der Waals surface area (Å²) in [5.74, 6) is -0.110. The maximum absolute atomic E-state index is 13.1. The predicted octanol–water partition coefficient (Wildman–Crippen LogP) is 6.41. The van der Waals surface area contributed by atoms with Crippen molar-refractivity contribution in [1.82, 2.24) is 0 Å². The molecule has 0 atom stereocenters. The maximum Gasteiger partial charge on any atom is 0.262 e. The van der Waals surface area contributed by atoms with Crippen LogP contribution in [-0.4, -0.2) is 18.3 Å². The summed E-state index contributed by atoms with van der Waals surface area (Å²) < 4.78 is 12.3. The Labute approximate surface area is 192 Å². The molecule has 4 rings (SSSR count). The molecule has 0 unspecified atom stereocenters. The number of para-hydroxylation sites is 1. The van der Waals surface area contributed by atoms with E-state index in [1.807, 2.05) is 13.0 Å². The molecule has 0 aliphatic heterocycles. The molecule has 0 aliphatic rings. The first-order valence-corrected chi connectivity index (χ1v) is 10.6. The van der Waals surface area contributed by atoms with E-state index in [0.717, 1.165) is 10.0 Å². The predicted molar refractivity (Wildman–Crippen MR) is 124 cm³/mol. The third-order valence-corrected chi connectivity index (χ3v) is 5.43. The van der Waals surface area contributed by atoms with Gasteiger partial charge in [-0.1, -0.05) is 39.7 Å². The highest BCUT2D eigenvalue weighted by Crippen LogP contribution is 2.33. The van der Waals surface area contributed by atoms with Gasteiger partial charge in [-0.2, -0.15) is 0 Å². The minimum absolute atomic E-state index is 0.0690. The average Bonchev–Trinajstić information content (AvgIpc) is 3.11. The summed E-state index contributed by atoms with van der Waals surface area (Å²) >= 11 is 9.31. The van der Waals surface area contributed by atoms with Crippen LogP contribution >= 0.6 is 27.5 Å². The minimum Gasteiger partial charge on any atom is -0.483 e. The second kappa shape index (κ2) is 8.96. The molecule has 0 radical (unpaired) electrons. The molecule has 0 aliphatic carbocycles. The van der Waals surface area contributed by atoms with Crippen LogP contribution in [-0.2, 0) is 4.79 Å². The number of anilines is 1. The van der Waals surface area contributed by atoms with E-state index in [1.54, 1.807) is 60.7 Å². The van der Waals surface area contributed by atoms with Crippen LogP contribution in [0, 0.1) is 6.92 Å². The van der Waals surface area contributed by atoms with Crippen LogP contribution in [0.15, 0.2) is 75.6 Å². The molecule has 1 heterocycles. The number of ketones is 1. The molecule has 3 aromatic carbocycles. The van der Waals surface area contributed by atoms with Gasteiger partial charge in [-0.15, -0.1) is 0 Å². The summed E-state index contributed by atoms with van der Waals surface area (Å²) in [5, 5.41) is 4.01. The molecule has 0 bridgehead atoms. The Balaban J connectivity index is 1.60. The summed E-state index contributed by atoms with van der Waals surface area (Å²) in [6.45, 7) is 1.62. The molecule has 1 aromatic heterocycles. The number of amides is 1. The first-order valence-electron chi connectivity index (χ1n) is 9.43. The van der Waals surface area contributed by atoms with Gasteiger partial charge < -0.3 is 14.5 Å². The van der Waals surface area contributed by atoms with Crippen LogP contribution in [0.1, 0.15) is 21.7 Å². The first-order chi connectivity index (χ1) is 14.9. The molecule has 0 spiro atoms. The Morgan fingerprint density at radius 2 is 1.81 bits per heavy atom. The second-order valence-corrected chi connectivity index (χ2v) is 8.24. The number of ether oxygens (including phenoxy) is 1. The minimum atomic E-state index is -0.411. The van der Waals surface area contributed by atoms with Gasteiger partial charge in [0.25, 0.3) is 5.91 Å². The molecule has 4 aromatic rings. The summed E-state index contributed by atoms with van der Waals surface area (Å²) in [7, 11) is 0. The van der Waals surface area contributed by atoms with Gasteiger partial charge in [-0.25, -0.2) is 0 Å². The van der Waals surface area contributed by atoms with Crippen LogP contribution in [0.25, 0.3) is 11.0 Å². The van der Waals surface area contributed by atoms with Crippen LogP contribution in [0.2, 0.25) is 5.02 Å². The van der Waals surface area contributed by atoms with Gasteiger partial charge >= 0.3 is 0 Å². The standard InChI is InChI=1S/C24H17BrClNO4/c1-14-12-17(26)10-11-19(14)30-13-21(28)27-22-18-4-2-3-5-20(18)31-24(22)23(29)15-6-8-16(25)9-7-15/h2-12H,13H2,1H3,(H,27,28). The van der Waals surface area contributed by atoms with Crippen molar-refractivity contribution >= 4 is 55.9 Å². The van der Waals surface area contributed by atoms with Gasteiger partial charge in [-0.05, 0) is 67.1 Å². The lowest BCUT2D eigenvalue weighted by atomic mass is 10.1. The molecule has 0 fully saturated rings. The lowest BCUT2D eigenvalue weighted by Crippen LogP contribution is -2.21. The molecule has 7 heteroatoms. The van der Waals surface area contributed by atoms with Crippen molar-refractivity contribution in [2.24, 2.45) is 0 Å². The summed E-state index contributed by atoms with van der Waals surface area (Å²) in [4.78, 5) is 25.7. The van der Waals surface area contributed by atoms with Crippen molar-refractivity contribution < 1.29 is 18.7 Å². The molecule has 0 saturated carbocycles. The molecular weight excluding hydrogens is 482 g/mol. The van der Waals surface area contributed by atoms with E-state index in [-0.39, 0.29) is 18.2 Å². The highest BCUT2D eigenvalue weighted by atomic mass is 79.9. The molecule has 0 saturated heterocycles. The lowest BCUT2D eigenvalue weighted by Gasteiger charge is -2.10. The van der Waals surface area contributed by atoms with E-state index < -0.39 is 5.91 Å². The first kappa shape index (κ1) is 21.2. The van der Waals surface area contributed by atoms with Gasteiger partial charge in [0.05, 0.1) is 5.69 Å². The zero-order valence-electron chi connectivity index (χ0n) is 16.4. The molecular formula is C24H17BrClNO4. The molecule has 1 N–H and O–H groups in total. The Morgan fingerprint density at radius 1 is 1.06 bits per heavy atom. The smallest absolute Gasteiger partial charge is 0.262 e. The quantitative estimate of drug-likeness (QED) is 0.312. The molecule has 31 heavy (non-hydrogen) atoms. The van der Waals surface area contributed by atoms with E-state index in [0.29, 0.717) is 33.0 Å². The Bertz CT molecular complexity index is 1280. The van der Waals surface area contributed by atoms with Gasteiger partial charge in [0.2, 0.25) is 5.78 Å². The van der Waals surface area contributed by atoms with Crippen molar-refractivity contribution in [3.8, 4) is 5.75 Å². The summed E-state index contributed by atoms with van der Waals surface area (Å²) in [6, 6.07) is 19.2. The highest BCUT2D eigenvalue weighted by Gasteiger charge is 2.23. The summed E-state index contributed by atoms with van der Waals surface area (Å²) in [5.41, 5.74) is 2.10. The molecule has 1 amide bonds. The van der Waals surface area contributed by atoms with Crippen molar-refractivity contribution in [3.05, 3.63) is 93.1 Å². The van der Waals surface area contributed by atoms with E-state index in [1.165, 1.54) is 0 Å². The highest BCUT2D eigenvalue weighted by molar-refractivity contribution is 9.10. The zero-order valence-corrected chi connectivity index (χ0v) is 18.8. The third-order valence-electron chi connectivity index (χ3n) is 4.67. The van der Waals surface area contributed by atoms with Crippen LogP contribution in [0.3, 0.4) is 0 Å². The van der Waals surface area contributed by atoms with E-state index in [4.69, 9.17) is 20.8 Å². The van der Waals surface area contributed by atoms with Crippen molar-refractivity contribution in [2.45, 2.75) is 6.92 Å². The SMILES string of the molecule is Cc1cc(Cl)ccc1OCC(=O)Nc1c(C(=O)c2ccc(Br)cc2)oc2ccccc12. The third kappa shape index (κ3) is 4.65. The number of benzene rings is 3. The van der Waals surface area contributed by atoms with Crippen LogP contribution in [0.4, 0.5) is 5.69 Å². The fourth-order valence-corrected chi connectivity index (χ4v) is 3.65. The van der Waals surface area contributed by atoms with Gasteiger partial charge in [0.1, 0.15) is 11.3 Å². The van der Waals surface area contributed by atoms with E-state index in [9.17, 15) is 9.59 Å². The fraction of sp³-hybridized carbons (Fsp3) is 0.0833. The Hall–Kier alpha value is -3.09. The van der Waals surface area contributed by atoms with Gasteiger partial charge in [-0.3, -0.25) is 9.59 Å². The summed E-state index contributed by atoms with van der Waals surface area (Å²) in [6.07, 6.45) is 0. The number of hydrogen-bond donors (Lipinski definition) is 1. The number of nitrogens with one attached hydrogen (secondary N) is 1. The lowest BCUT2D eigenvalue weighted by molar-refractivity contribution is -0.118. The molecule has 5 nitrogen and oxygen atoms in total. The molecule has 156 valence electrons. The number of carbonyl (C=O) groups is 2. The van der Waals surface area contributed by atoms with E-state index >= 15 is 0 Å². The topological polar surface area (TPSA) is 68.5 Å². The van der Waals surface area contributed by atoms with Gasteiger partial charge in [0, 0.05) is 20.4 Å². The average molecular weight is 499 g/mol. The van der Waals surface area contributed by atoms with Crippen molar-refractivity contribution in [1.29, 1.82) is 0 Å².